The Balaban J connectivity index is 1.87. The highest BCUT2D eigenvalue weighted by Crippen LogP contribution is 2.39. The Morgan fingerprint density at radius 3 is 2.62 bits per heavy atom. The summed E-state index contributed by atoms with van der Waals surface area (Å²) >= 11 is 0. The molecule has 2 rings (SSSR count). The summed E-state index contributed by atoms with van der Waals surface area (Å²) in [5.74, 6) is 0.397. The van der Waals surface area contributed by atoms with E-state index in [9.17, 15) is 10.2 Å². The molecule has 1 heterocycles. The zero-order valence-corrected chi connectivity index (χ0v) is 10.5. The Hall–Kier alpha value is -0.120. The second-order valence-electron chi connectivity index (χ2n) is 6.44. The molecular formula is C13H25NO2. The highest BCUT2D eigenvalue weighted by atomic mass is 16.3. The van der Waals surface area contributed by atoms with Crippen molar-refractivity contribution in [3.8, 4) is 0 Å². The van der Waals surface area contributed by atoms with Gasteiger partial charge in [0.2, 0.25) is 0 Å². The zero-order valence-electron chi connectivity index (χ0n) is 10.5. The van der Waals surface area contributed by atoms with Crippen LogP contribution in [0.25, 0.3) is 0 Å². The van der Waals surface area contributed by atoms with Crippen LogP contribution < -0.4 is 0 Å². The summed E-state index contributed by atoms with van der Waals surface area (Å²) in [6.07, 6.45) is 3.80. The van der Waals surface area contributed by atoms with E-state index < -0.39 is 0 Å². The van der Waals surface area contributed by atoms with Gasteiger partial charge in [0.05, 0.1) is 12.2 Å². The number of hydrogen-bond donors (Lipinski definition) is 2. The molecule has 1 saturated carbocycles. The van der Waals surface area contributed by atoms with Crippen LogP contribution in [0.3, 0.4) is 0 Å². The first-order valence-electron chi connectivity index (χ1n) is 6.55. The molecule has 0 radical (unpaired) electrons. The third-order valence-electron chi connectivity index (χ3n) is 4.22. The zero-order chi connectivity index (χ0) is 11.8. The Morgan fingerprint density at radius 2 is 2.00 bits per heavy atom. The molecule has 1 aliphatic carbocycles. The van der Waals surface area contributed by atoms with Gasteiger partial charge in [0, 0.05) is 19.6 Å². The molecule has 3 unspecified atom stereocenters. The summed E-state index contributed by atoms with van der Waals surface area (Å²) in [5.41, 5.74) is 0.377. The van der Waals surface area contributed by atoms with Crippen molar-refractivity contribution >= 4 is 0 Å². The molecule has 1 saturated heterocycles. The average molecular weight is 227 g/mol. The SMILES string of the molecule is CC1(C)CCC(O)C(CN2CCC(O)C2)C1. The quantitative estimate of drug-likeness (QED) is 0.746. The van der Waals surface area contributed by atoms with Gasteiger partial charge < -0.3 is 15.1 Å². The minimum Gasteiger partial charge on any atom is -0.393 e. The maximum Gasteiger partial charge on any atom is 0.0679 e. The summed E-state index contributed by atoms with van der Waals surface area (Å²) in [5, 5.41) is 19.5. The van der Waals surface area contributed by atoms with Gasteiger partial charge in [-0.15, -0.1) is 0 Å². The molecule has 3 atom stereocenters. The molecule has 0 aromatic carbocycles. The fourth-order valence-corrected chi connectivity index (χ4v) is 3.22. The number of aliphatic hydroxyl groups excluding tert-OH is 2. The Kier molecular flexibility index (Phi) is 3.57. The van der Waals surface area contributed by atoms with Crippen molar-refractivity contribution in [2.45, 2.75) is 51.7 Å². The van der Waals surface area contributed by atoms with Crippen molar-refractivity contribution in [3.63, 3.8) is 0 Å². The average Bonchev–Trinajstić information content (AvgIpc) is 2.58. The van der Waals surface area contributed by atoms with Gasteiger partial charge >= 0.3 is 0 Å². The van der Waals surface area contributed by atoms with Crippen LogP contribution in [-0.2, 0) is 0 Å². The van der Waals surface area contributed by atoms with E-state index in [1.807, 2.05) is 0 Å². The van der Waals surface area contributed by atoms with Crippen molar-refractivity contribution < 1.29 is 10.2 Å². The summed E-state index contributed by atoms with van der Waals surface area (Å²) in [6, 6.07) is 0. The van der Waals surface area contributed by atoms with Crippen LogP contribution in [0.5, 0.6) is 0 Å². The van der Waals surface area contributed by atoms with Gasteiger partial charge in [-0.05, 0) is 37.0 Å². The van der Waals surface area contributed by atoms with E-state index in [2.05, 4.69) is 18.7 Å². The molecule has 0 amide bonds. The highest BCUT2D eigenvalue weighted by molar-refractivity contribution is 4.88. The molecule has 0 bridgehead atoms. The van der Waals surface area contributed by atoms with Gasteiger partial charge in [-0.1, -0.05) is 13.8 Å². The number of hydrogen-bond acceptors (Lipinski definition) is 3. The lowest BCUT2D eigenvalue weighted by atomic mass is 9.71. The maximum absolute atomic E-state index is 10.0. The van der Waals surface area contributed by atoms with Crippen molar-refractivity contribution in [2.75, 3.05) is 19.6 Å². The van der Waals surface area contributed by atoms with Crippen molar-refractivity contribution in [1.82, 2.24) is 4.90 Å². The fourth-order valence-electron chi connectivity index (χ4n) is 3.22. The lowest BCUT2D eigenvalue weighted by Crippen LogP contribution is -2.40. The molecule has 0 aromatic heterocycles. The van der Waals surface area contributed by atoms with Crippen LogP contribution in [-0.4, -0.2) is 47.0 Å². The summed E-state index contributed by atoms with van der Waals surface area (Å²) in [7, 11) is 0. The number of nitrogens with zero attached hydrogens (tertiary/aromatic N) is 1. The van der Waals surface area contributed by atoms with Crippen molar-refractivity contribution in [1.29, 1.82) is 0 Å². The van der Waals surface area contributed by atoms with E-state index in [1.165, 1.54) is 0 Å². The first kappa shape index (κ1) is 12.3. The molecule has 3 heteroatoms. The first-order valence-corrected chi connectivity index (χ1v) is 6.55. The molecule has 2 fully saturated rings. The molecule has 2 aliphatic rings. The molecule has 0 spiro atoms. The van der Waals surface area contributed by atoms with Crippen LogP contribution >= 0.6 is 0 Å². The summed E-state index contributed by atoms with van der Waals surface area (Å²) in [4.78, 5) is 2.31. The van der Waals surface area contributed by atoms with Crippen molar-refractivity contribution in [3.05, 3.63) is 0 Å². The van der Waals surface area contributed by atoms with E-state index in [0.717, 1.165) is 45.3 Å². The first-order chi connectivity index (χ1) is 7.46. The van der Waals surface area contributed by atoms with Gasteiger partial charge in [-0.25, -0.2) is 0 Å². The van der Waals surface area contributed by atoms with Crippen molar-refractivity contribution in [2.24, 2.45) is 11.3 Å². The molecular weight excluding hydrogens is 202 g/mol. The van der Waals surface area contributed by atoms with Crippen LogP contribution in [0.1, 0.15) is 39.5 Å². The normalized spacial score (nSPS) is 40.1. The number of β-amino-alcohol motifs (C(OH)–C–C–N with tert-alkyl or cyclic N) is 1. The van der Waals surface area contributed by atoms with Crippen LogP contribution in [0, 0.1) is 11.3 Å². The number of rotatable bonds is 2. The fraction of sp³-hybridized carbons (Fsp3) is 1.00. The smallest absolute Gasteiger partial charge is 0.0679 e. The van der Waals surface area contributed by atoms with Crippen LogP contribution in [0.2, 0.25) is 0 Å². The van der Waals surface area contributed by atoms with Gasteiger partial charge in [-0.2, -0.15) is 0 Å². The third-order valence-corrected chi connectivity index (χ3v) is 4.22. The predicted molar refractivity (Wildman–Crippen MR) is 64.2 cm³/mol. The lowest BCUT2D eigenvalue weighted by Gasteiger charge is -2.40. The highest BCUT2D eigenvalue weighted by Gasteiger charge is 2.35. The molecule has 0 aromatic rings. The van der Waals surface area contributed by atoms with E-state index in [-0.39, 0.29) is 12.2 Å². The number of likely N-dealkylation sites (tertiary alicyclic amines) is 1. The molecule has 3 nitrogen and oxygen atoms in total. The Morgan fingerprint density at radius 1 is 1.25 bits per heavy atom. The standard InChI is InChI=1S/C13H25NO2/c1-13(2)5-3-12(16)10(7-13)8-14-6-4-11(15)9-14/h10-12,15-16H,3-9H2,1-2H3. The van der Waals surface area contributed by atoms with E-state index in [0.29, 0.717) is 11.3 Å². The molecule has 94 valence electrons. The molecule has 16 heavy (non-hydrogen) atoms. The largest absolute Gasteiger partial charge is 0.393 e. The van der Waals surface area contributed by atoms with Gasteiger partial charge in [0.15, 0.2) is 0 Å². The number of aliphatic hydroxyl groups is 2. The van der Waals surface area contributed by atoms with Gasteiger partial charge in [-0.3, -0.25) is 0 Å². The predicted octanol–water partition coefficient (Wildman–Crippen LogP) is 1.24. The summed E-state index contributed by atoms with van der Waals surface area (Å²) < 4.78 is 0. The van der Waals surface area contributed by atoms with Gasteiger partial charge in [0.1, 0.15) is 0 Å². The van der Waals surface area contributed by atoms with E-state index >= 15 is 0 Å². The Labute approximate surface area is 98.5 Å². The third kappa shape index (κ3) is 2.96. The van der Waals surface area contributed by atoms with E-state index in [1.54, 1.807) is 0 Å². The van der Waals surface area contributed by atoms with Gasteiger partial charge in [0.25, 0.3) is 0 Å². The second-order valence-corrected chi connectivity index (χ2v) is 6.44. The molecule has 1 aliphatic heterocycles. The topological polar surface area (TPSA) is 43.7 Å². The second kappa shape index (κ2) is 4.63. The van der Waals surface area contributed by atoms with E-state index in [4.69, 9.17) is 0 Å². The molecule has 2 N–H and O–H groups in total. The Bertz CT molecular complexity index is 242. The minimum absolute atomic E-state index is 0.134. The lowest BCUT2D eigenvalue weighted by molar-refractivity contribution is 0.00589. The summed E-state index contributed by atoms with van der Waals surface area (Å²) in [6.45, 7) is 7.34. The van der Waals surface area contributed by atoms with Crippen LogP contribution in [0.15, 0.2) is 0 Å². The van der Waals surface area contributed by atoms with Crippen LogP contribution in [0.4, 0.5) is 0 Å². The minimum atomic E-state index is -0.145. The monoisotopic (exact) mass is 227 g/mol. The maximum atomic E-state index is 10.0.